The highest BCUT2D eigenvalue weighted by Crippen LogP contribution is 2.32. The predicted octanol–water partition coefficient (Wildman–Crippen LogP) is 1.84. The average Bonchev–Trinajstić information content (AvgIpc) is 2.78. The number of ether oxygens (including phenoxy) is 1. The van der Waals surface area contributed by atoms with Gasteiger partial charge in [0.15, 0.2) is 0 Å². The third-order valence-corrected chi connectivity index (χ3v) is 4.49. The summed E-state index contributed by atoms with van der Waals surface area (Å²) in [5.74, 6) is 0.252. The summed E-state index contributed by atoms with van der Waals surface area (Å²) in [7, 11) is 0. The molecule has 2 atom stereocenters. The summed E-state index contributed by atoms with van der Waals surface area (Å²) < 4.78 is 5.71. The van der Waals surface area contributed by atoms with Crippen LogP contribution in [0.3, 0.4) is 0 Å². The van der Waals surface area contributed by atoms with Crippen molar-refractivity contribution in [2.24, 2.45) is 5.41 Å². The minimum Gasteiger partial charge on any atom is -0.375 e. The molecule has 0 aliphatic carbocycles. The smallest absolute Gasteiger partial charge is 0.227 e. The van der Waals surface area contributed by atoms with Gasteiger partial charge in [0.1, 0.15) is 0 Å². The van der Waals surface area contributed by atoms with Crippen molar-refractivity contribution in [3.63, 3.8) is 0 Å². The van der Waals surface area contributed by atoms with E-state index < -0.39 is 0 Å². The molecule has 2 heterocycles. The Morgan fingerprint density at radius 2 is 2.26 bits per heavy atom. The molecule has 0 aromatic carbocycles. The van der Waals surface area contributed by atoms with Crippen LogP contribution in [-0.2, 0) is 9.53 Å². The molecule has 0 aromatic rings. The van der Waals surface area contributed by atoms with Gasteiger partial charge in [0.05, 0.1) is 11.0 Å². The lowest BCUT2D eigenvalue weighted by Gasteiger charge is -2.37. The van der Waals surface area contributed by atoms with Crippen LogP contribution in [0.2, 0.25) is 0 Å². The summed E-state index contributed by atoms with van der Waals surface area (Å²) >= 11 is 0. The van der Waals surface area contributed by atoms with E-state index in [-0.39, 0.29) is 23.0 Å². The van der Waals surface area contributed by atoms with E-state index in [9.17, 15) is 4.79 Å². The molecule has 0 saturated carbocycles. The van der Waals surface area contributed by atoms with Gasteiger partial charge in [-0.05, 0) is 46.1 Å². The first-order valence-corrected chi connectivity index (χ1v) is 7.63. The summed E-state index contributed by atoms with van der Waals surface area (Å²) in [6, 6.07) is 0.269. The number of rotatable bonds is 4. The summed E-state index contributed by atoms with van der Waals surface area (Å²) in [6.45, 7) is 8.91. The maximum Gasteiger partial charge on any atom is 0.227 e. The molecule has 110 valence electrons. The van der Waals surface area contributed by atoms with Crippen molar-refractivity contribution in [1.82, 2.24) is 10.6 Å². The number of hydrogen-bond donors (Lipinski definition) is 2. The second kappa shape index (κ2) is 5.80. The Bertz CT molecular complexity index is 322. The fourth-order valence-electron chi connectivity index (χ4n) is 3.44. The molecule has 2 aliphatic heterocycles. The van der Waals surface area contributed by atoms with Crippen LogP contribution in [0.4, 0.5) is 0 Å². The molecule has 2 unspecified atom stereocenters. The molecule has 0 aromatic heterocycles. The molecule has 2 fully saturated rings. The minimum absolute atomic E-state index is 0.109. The van der Waals surface area contributed by atoms with Gasteiger partial charge in [-0.3, -0.25) is 4.79 Å². The van der Waals surface area contributed by atoms with Crippen molar-refractivity contribution < 1.29 is 9.53 Å². The Balaban J connectivity index is 1.95. The van der Waals surface area contributed by atoms with Crippen LogP contribution < -0.4 is 10.6 Å². The van der Waals surface area contributed by atoms with E-state index in [0.717, 1.165) is 51.8 Å². The Kier molecular flexibility index (Phi) is 4.51. The van der Waals surface area contributed by atoms with Gasteiger partial charge in [0.25, 0.3) is 0 Å². The van der Waals surface area contributed by atoms with Gasteiger partial charge in [-0.25, -0.2) is 0 Å². The SMILES string of the molecule is CCCC1(C(=O)NC2CCOC(C)(C)C2)CCNC1. The van der Waals surface area contributed by atoms with Crippen molar-refractivity contribution in [2.75, 3.05) is 19.7 Å². The lowest BCUT2D eigenvalue weighted by Crippen LogP contribution is -2.51. The van der Waals surface area contributed by atoms with E-state index in [0.29, 0.717) is 0 Å². The average molecular weight is 268 g/mol. The largest absolute Gasteiger partial charge is 0.375 e. The maximum atomic E-state index is 12.6. The molecule has 4 heteroatoms. The fraction of sp³-hybridized carbons (Fsp3) is 0.933. The molecule has 2 N–H and O–H groups in total. The molecule has 2 aliphatic rings. The van der Waals surface area contributed by atoms with Crippen molar-refractivity contribution >= 4 is 5.91 Å². The zero-order valence-corrected chi connectivity index (χ0v) is 12.6. The molecular weight excluding hydrogens is 240 g/mol. The van der Waals surface area contributed by atoms with Crippen LogP contribution >= 0.6 is 0 Å². The summed E-state index contributed by atoms with van der Waals surface area (Å²) in [4.78, 5) is 12.6. The zero-order chi connectivity index (χ0) is 13.9. The van der Waals surface area contributed by atoms with Gasteiger partial charge in [0, 0.05) is 19.2 Å². The molecule has 0 spiro atoms. The van der Waals surface area contributed by atoms with E-state index in [4.69, 9.17) is 4.74 Å². The van der Waals surface area contributed by atoms with Crippen LogP contribution in [0.1, 0.15) is 52.9 Å². The lowest BCUT2D eigenvalue weighted by molar-refractivity contribution is -0.133. The van der Waals surface area contributed by atoms with Crippen LogP contribution in [0, 0.1) is 5.41 Å². The number of hydrogen-bond acceptors (Lipinski definition) is 3. The molecular formula is C15H28N2O2. The topological polar surface area (TPSA) is 50.4 Å². The van der Waals surface area contributed by atoms with Gasteiger partial charge < -0.3 is 15.4 Å². The number of carbonyl (C=O) groups is 1. The molecule has 1 amide bonds. The zero-order valence-electron chi connectivity index (χ0n) is 12.6. The van der Waals surface area contributed by atoms with E-state index in [1.54, 1.807) is 0 Å². The van der Waals surface area contributed by atoms with Crippen molar-refractivity contribution in [2.45, 2.75) is 64.5 Å². The highest BCUT2D eigenvalue weighted by Gasteiger charge is 2.41. The Labute approximate surface area is 116 Å². The van der Waals surface area contributed by atoms with Gasteiger partial charge in [-0.1, -0.05) is 13.3 Å². The Hall–Kier alpha value is -0.610. The van der Waals surface area contributed by atoms with Crippen LogP contribution in [0.15, 0.2) is 0 Å². The fourth-order valence-corrected chi connectivity index (χ4v) is 3.44. The van der Waals surface area contributed by atoms with Crippen LogP contribution in [-0.4, -0.2) is 37.2 Å². The van der Waals surface area contributed by atoms with Crippen LogP contribution in [0.25, 0.3) is 0 Å². The quantitative estimate of drug-likeness (QED) is 0.818. The van der Waals surface area contributed by atoms with E-state index in [2.05, 4.69) is 31.4 Å². The summed E-state index contributed by atoms with van der Waals surface area (Å²) in [5.41, 5.74) is -0.279. The molecule has 0 bridgehead atoms. The molecule has 2 rings (SSSR count). The first-order chi connectivity index (χ1) is 8.97. The van der Waals surface area contributed by atoms with Crippen molar-refractivity contribution in [3.05, 3.63) is 0 Å². The second-order valence-corrected chi connectivity index (χ2v) is 6.73. The van der Waals surface area contributed by atoms with Crippen molar-refractivity contribution in [3.8, 4) is 0 Å². The predicted molar refractivity (Wildman–Crippen MR) is 76.0 cm³/mol. The summed E-state index contributed by atoms with van der Waals surface area (Å²) in [6.07, 6.45) is 4.87. The van der Waals surface area contributed by atoms with Gasteiger partial charge in [-0.15, -0.1) is 0 Å². The third-order valence-electron chi connectivity index (χ3n) is 4.49. The molecule has 0 radical (unpaired) electrons. The number of carbonyl (C=O) groups excluding carboxylic acids is 1. The number of nitrogens with one attached hydrogen (secondary N) is 2. The first kappa shape index (κ1) is 14.8. The normalized spacial score (nSPS) is 34.2. The summed E-state index contributed by atoms with van der Waals surface area (Å²) in [5, 5.41) is 6.63. The highest BCUT2D eigenvalue weighted by molar-refractivity contribution is 5.83. The highest BCUT2D eigenvalue weighted by atomic mass is 16.5. The van der Waals surface area contributed by atoms with Crippen molar-refractivity contribution in [1.29, 1.82) is 0 Å². The van der Waals surface area contributed by atoms with Gasteiger partial charge in [-0.2, -0.15) is 0 Å². The second-order valence-electron chi connectivity index (χ2n) is 6.73. The Morgan fingerprint density at radius 1 is 1.47 bits per heavy atom. The molecule has 2 saturated heterocycles. The Morgan fingerprint density at radius 3 is 2.84 bits per heavy atom. The number of amides is 1. The van der Waals surface area contributed by atoms with Gasteiger partial charge >= 0.3 is 0 Å². The standard InChI is InChI=1S/C15H28N2O2/c1-4-6-15(7-8-16-11-15)13(18)17-12-5-9-19-14(2,3)10-12/h12,16H,4-11H2,1-3H3,(H,17,18). The monoisotopic (exact) mass is 268 g/mol. The minimum atomic E-state index is -0.169. The lowest BCUT2D eigenvalue weighted by atomic mass is 9.81. The van der Waals surface area contributed by atoms with Gasteiger partial charge in [0.2, 0.25) is 5.91 Å². The van der Waals surface area contributed by atoms with E-state index in [1.807, 2.05) is 0 Å². The van der Waals surface area contributed by atoms with Crippen LogP contribution in [0.5, 0.6) is 0 Å². The maximum absolute atomic E-state index is 12.6. The first-order valence-electron chi connectivity index (χ1n) is 7.63. The van der Waals surface area contributed by atoms with E-state index in [1.165, 1.54) is 0 Å². The van der Waals surface area contributed by atoms with E-state index >= 15 is 0 Å². The molecule has 4 nitrogen and oxygen atoms in total. The third kappa shape index (κ3) is 3.48. The molecule has 19 heavy (non-hydrogen) atoms.